The summed E-state index contributed by atoms with van der Waals surface area (Å²) >= 11 is 0. The Bertz CT molecular complexity index is 1630. The zero-order valence-corrected chi connectivity index (χ0v) is 29.2. The van der Waals surface area contributed by atoms with Gasteiger partial charge in [-0.2, -0.15) is 13.2 Å². The maximum Gasteiger partial charge on any atom is 0.425 e. The van der Waals surface area contributed by atoms with E-state index in [0.717, 1.165) is 36.1 Å². The van der Waals surface area contributed by atoms with Crippen LogP contribution in [0.3, 0.4) is 0 Å². The first-order valence-corrected chi connectivity index (χ1v) is 18.0. The molecule has 268 valence electrons. The highest BCUT2D eigenvalue weighted by Crippen LogP contribution is 2.29. The Morgan fingerprint density at radius 3 is 1.60 bits per heavy atom. The lowest BCUT2D eigenvalue weighted by Gasteiger charge is -2.20. The van der Waals surface area contributed by atoms with E-state index in [-0.39, 0.29) is 12.0 Å². The average Bonchev–Trinajstić information content (AvgIpc) is 3.11. The van der Waals surface area contributed by atoms with Crippen LogP contribution in [0, 0.1) is 0 Å². The molecular formula is C42H49F3O5. The molecule has 0 aliphatic heterocycles. The third-order valence-corrected chi connectivity index (χ3v) is 8.77. The monoisotopic (exact) mass is 690 g/mol. The molecule has 0 saturated carbocycles. The van der Waals surface area contributed by atoms with Crippen molar-refractivity contribution in [3.8, 4) is 22.6 Å². The molecule has 8 heteroatoms. The molecule has 5 nitrogen and oxygen atoms in total. The van der Waals surface area contributed by atoms with Crippen LogP contribution in [0.15, 0.2) is 84.9 Å². The van der Waals surface area contributed by atoms with E-state index in [4.69, 9.17) is 14.2 Å². The Kier molecular flexibility index (Phi) is 15.2. The summed E-state index contributed by atoms with van der Waals surface area (Å²) in [5.41, 5.74) is 2.29. The molecule has 50 heavy (non-hydrogen) atoms. The normalized spacial score (nSPS) is 12.1. The van der Waals surface area contributed by atoms with Crippen molar-refractivity contribution < 1.29 is 37.0 Å². The number of carbonyl (C=O) groups excluding carboxylic acids is 2. The van der Waals surface area contributed by atoms with E-state index in [1.165, 1.54) is 57.1 Å². The van der Waals surface area contributed by atoms with Crippen molar-refractivity contribution in [2.45, 2.75) is 110 Å². The van der Waals surface area contributed by atoms with Crippen molar-refractivity contribution in [3.63, 3.8) is 0 Å². The molecule has 4 aromatic carbocycles. The summed E-state index contributed by atoms with van der Waals surface area (Å²) in [4.78, 5) is 25.6. The van der Waals surface area contributed by atoms with Crippen molar-refractivity contribution >= 4 is 22.7 Å². The number of hydrogen-bond acceptors (Lipinski definition) is 5. The molecule has 4 rings (SSSR count). The van der Waals surface area contributed by atoms with Crippen molar-refractivity contribution in [2.24, 2.45) is 0 Å². The standard InChI is InChI=1S/C42H49F3O5/c1-3-5-7-9-10-11-12-14-28-48-37-24-20-31(21-25-37)32-22-26-38(27-23-32)49-40(46)35-18-16-34-30-36(19-17-33(34)29-35)41(47)50-39(42(43,44)45)15-13-8-6-4-2/h16-27,29-30,39H,3-15,28H2,1-2H3. The third kappa shape index (κ3) is 12.2. The van der Waals surface area contributed by atoms with Crippen LogP contribution in [-0.4, -0.2) is 30.8 Å². The van der Waals surface area contributed by atoms with Crippen LogP contribution in [-0.2, 0) is 4.74 Å². The van der Waals surface area contributed by atoms with E-state index in [1.54, 1.807) is 36.4 Å². The number of ether oxygens (including phenoxy) is 3. The van der Waals surface area contributed by atoms with Gasteiger partial charge in [-0.3, -0.25) is 0 Å². The number of halogens is 3. The average molecular weight is 691 g/mol. The summed E-state index contributed by atoms with van der Waals surface area (Å²) in [5.74, 6) is -0.361. The van der Waals surface area contributed by atoms with Gasteiger partial charge in [0.15, 0.2) is 6.10 Å². The zero-order chi connectivity index (χ0) is 35.8. The van der Waals surface area contributed by atoms with E-state index in [9.17, 15) is 22.8 Å². The molecule has 0 N–H and O–H groups in total. The van der Waals surface area contributed by atoms with Gasteiger partial charge in [-0.25, -0.2) is 9.59 Å². The molecule has 0 aromatic heterocycles. The summed E-state index contributed by atoms with van der Waals surface area (Å²) in [7, 11) is 0. The number of unbranched alkanes of at least 4 members (excludes halogenated alkanes) is 10. The molecule has 0 spiro atoms. The number of benzene rings is 4. The maximum absolute atomic E-state index is 13.5. The van der Waals surface area contributed by atoms with Crippen LogP contribution in [0.1, 0.15) is 118 Å². The van der Waals surface area contributed by atoms with E-state index >= 15 is 0 Å². The van der Waals surface area contributed by atoms with Gasteiger partial charge in [0, 0.05) is 0 Å². The van der Waals surface area contributed by atoms with Crippen molar-refractivity contribution in [1.29, 1.82) is 0 Å². The van der Waals surface area contributed by atoms with Gasteiger partial charge in [-0.15, -0.1) is 0 Å². The van der Waals surface area contributed by atoms with Crippen LogP contribution in [0.2, 0.25) is 0 Å². The highest BCUT2D eigenvalue weighted by Gasteiger charge is 2.42. The Morgan fingerprint density at radius 1 is 0.580 bits per heavy atom. The van der Waals surface area contributed by atoms with Gasteiger partial charge in [0.05, 0.1) is 17.7 Å². The lowest BCUT2D eigenvalue weighted by Crippen LogP contribution is -2.33. The number of esters is 2. The molecule has 0 aliphatic carbocycles. The minimum Gasteiger partial charge on any atom is -0.494 e. The first kappa shape index (κ1) is 38.5. The Balaban J connectivity index is 1.27. The SMILES string of the molecule is CCCCCCCCCCOc1ccc(-c2ccc(OC(=O)c3ccc4cc(C(=O)OC(CCCCCC)C(F)(F)F)ccc4c3)cc2)cc1. The second-order valence-corrected chi connectivity index (χ2v) is 12.8. The van der Waals surface area contributed by atoms with Gasteiger partial charge in [0.1, 0.15) is 11.5 Å². The number of alkyl halides is 3. The van der Waals surface area contributed by atoms with Crippen LogP contribution >= 0.6 is 0 Å². The molecule has 0 heterocycles. The Hall–Kier alpha value is -4.33. The number of rotatable bonds is 20. The fourth-order valence-corrected chi connectivity index (χ4v) is 5.79. The summed E-state index contributed by atoms with van der Waals surface area (Å²) in [6.45, 7) is 4.92. The largest absolute Gasteiger partial charge is 0.494 e. The van der Waals surface area contributed by atoms with Gasteiger partial charge >= 0.3 is 18.1 Å². The minimum absolute atomic E-state index is 0.0108. The highest BCUT2D eigenvalue weighted by atomic mass is 19.4. The summed E-state index contributed by atoms with van der Waals surface area (Å²) in [6, 6.07) is 24.4. The van der Waals surface area contributed by atoms with Crippen molar-refractivity contribution in [3.05, 3.63) is 96.1 Å². The lowest BCUT2D eigenvalue weighted by molar-refractivity contribution is -0.206. The highest BCUT2D eigenvalue weighted by molar-refractivity contribution is 5.99. The van der Waals surface area contributed by atoms with Gasteiger partial charge in [0.2, 0.25) is 0 Å². The molecule has 0 amide bonds. The van der Waals surface area contributed by atoms with Gasteiger partial charge in [-0.1, -0.05) is 114 Å². The van der Waals surface area contributed by atoms with E-state index < -0.39 is 24.2 Å². The molecule has 4 aromatic rings. The van der Waals surface area contributed by atoms with Crippen LogP contribution in [0.5, 0.6) is 11.5 Å². The fraction of sp³-hybridized carbons (Fsp3) is 0.429. The second kappa shape index (κ2) is 19.8. The van der Waals surface area contributed by atoms with Gasteiger partial charge in [-0.05, 0) is 89.7 Å². The summed E-state index contributed by atoms with van der Waals surface area (Å²) in [5, 5.41) is 1.21. The Labute approximate surface area is 294 Å². The van der Waals surface area contributed by atoms with Crippen LogP contribution in [0.4, 0.5) is 13.2 Å². The Morgan fingerprint density at radius 2 is 1.06 bits per heavy atom. The molecule has 1 atom stereocenters. The van der Waals surface area contributed by atoms with E-state index in [1.807, 2.05) is 43.3 Å². The van der Waals surface area contributed by atoms with Crippen LogP contribution < -0.4 is 9.47 Å². The molecule has 0 bridgehead atoms. The molecule has 0 aliphatic rings. The van der Waals surface area contributed by atoms with Crippen molar-refractivity contribution in [2.75, 3.05) is 6.61 Å². The second-order valence-electron chi connectivity index (χ2n) is 12.8. The first-order valence-electron chi connectivity index (χ1n) is 18.0. The van der Waals surface area contributed by atoms with Crippen molar-refractivity contribution in [1.82, 2.24) is 0 Å². The molecule has 0 saturated heterocycles. The maximum atomic E-state index is 13.5. The quantitative estimate of drug-likeness (QED) is 0.0525. The van der Waals surface area contributed by atoms with Gasteiger partial charge in [0.25, 0.3) is 0 Å². The third-order valence-electron chi connectivity index (χ3n) is 8.77. The minimum atomic E-state index is -4.64. The lowest BCUT2D eigenvalue weighted by atomic mass is 10.0. The van der Waals surface area contributed by atoms with Crippen LogP contribution in [0.25, 0.3) is 21.9 Å². The fourth-order valence-electron chi connectivity index (χ4n) is 5.79. The number of carbonyl (C=O) groups is 2. The topological polar surface area (TPSA) is 61.8 Å². The summed E-state index contributed by atoms with van der Waals surface area (Å²) in [6.07, 6.45) is 5.74. The predicted octanol–water partition coefficient (Wildman–Crippen LogP) is 12.3. The molecule has 0 radical (unpaired) electrons. The predicted molar refractivity (Wildman–Crippen MR) is 193 cm³/mol. The smallest absolute Gasteiger partial charge is 0.425 e. The first-order chi connectivity index (χ1) is 24.2. The number of fused-ring (bicyclic) bond motifs is 1. The van der Waals surface area contributed by atoms with E-state index in [0.29, 0.717) is 41.5 Å². The van der Waals surface area contributed by atoms with Gasteiger partial charge < -0.3 is 14.2 Å². The number of hydrogen-bond donors (Lipinski definition) is 0. The molecular weight excluding hydrogens is 641 g/mol. The summed E-state index contributed by atoms with van der Waals surface area (Å²) < 4.78 is 56.9. The molecule has 1 unspecified atom stereocenters. The van der Waals surface area contributed by atoms with E-state index in [2.05, 4.69) is 6.92 Å². The molecule has 0 fully saturated rings. The zero-order valence-electron chi connectivity index (χ0n) is 29.2.